The SMILES string of the molecule is CCN(CC1CCNCC1)C(=O)c1sccc1Br. The van der Waals surface area contributed by atoms with E-state index in [1.54, 1.807) is 0 Å². The van der Waals surface area contributed by atoms with Gasteiger partial charge < -0.3 is 10.2 Å². The Morgan fingerprint density at radius 2 is 2.28 bits per heavy atom. The molecule has 100 valence electrons. The summed E-state index contributed by atoms with van der Waals surface area (Å²) in [4.78, 5) is 15.2. The summed E-state index contributed by atoms with van der Waals surface area (Å²) in [7, 11) is 0. The second kappa shape index (κ2) is 6.68. The number of rotatable bonds is 4. The number of carbonyl (C=O) groups excluding carboxylic acids is 1. The third-order valence-corrected chi connectivity index (χ3v) is 5.24. The van der Waals surface area contributed by atoms with Crippen molar-refractivity contribution in [2.45, 2.75) is 19.8 Å². The number of halogens is 1. The van der Waals surface area contributed by atoms with E-state index < -0.39 is 0 Å². The van der Waals surface area contributed by atoms with Crippen molar-refractivity contribution in [2.24, 2.45) is 5.92 Å². The average Bonchev–Trinajstić information content (AvgIpc) is 2.82. The van der Waals surface area contributed by atoms with Gasteiger partial charge in [0, 0.05) is 17.6 Å². The maximum Gasteiger partial charge on any atom is 0.265 e. The fourth-order valence-corrected chi connectivity index (χ4v) is 3.83. The van der Waals surface area contributed by atoms with Gasteiger partial charge in [-0.05, 0) is 66.1 Å². The molecule has 0 spiro atoms. The molecule has 18 heavy (non-hydrogen) atoms. The van der Waals surface area contributed by atoms with Crippen LogP contribution in [-0.2, 0) is 0 Å². The highest BCUT2D eigenvalue weighted by atomic mass is 79.9. The molecule has 0 bridgehead atoms. The van der Waals surface area contributed by atoms with Crippen LogP contribution < -0.4 is 5.32 Å². The van der Waals surface area contributed by atoms with E-state index in [0.29, 0.717) is 5.92 Å². The van der Waals surface area contributed by atoms with Crippen LogP contribution in [0.4, 0.5) is 0 Å². The van der Waals surface area contributed by atoms with Gasteiger partial charge in [-0.15, -0.1) is 11.3 Å². The summed E-state index contributed by atoms with van der Waals surface area (Å²) in [5.74, 6) is 0.812. The quantitative estimate of drug-likeness (QED) is 0.920. The van der Waals surface area contributed by atoms with Crippen LogP contribution in [-0.4, -0.2) is 37.0 Å². The zero-order valence-electron chi connectivity index (χ0n) is 10.6. The van der Waals surface area contributed by atoms with Crippen LogP contribution in [0.25, 0.3) is 0 Å². The Morgan fingerprint density at radius 1 is 1.56 bits per heavy atom. The van der Waals surface area contributed by atoms with Gasteiger partial charge in [0.05, 0.1) is 0 Å². The number of nitrogens with one attached hydrogen (secondary N) is 1. The Labute approximate surface area is 121 Å². The topological polar surface area (TPSA) is 32.3 Å². The average molecular weight is 331 g/mol. The maximum absolute atomic E-state index is 12.4. The van der Waals surface area contributed by atoms with Gasteiger partial charge in [-0.2, -0.15) is 0 Å². The third kappa shape index (κ3) is 3.33. The summed E-state index contributed by atoms with van der Waals surface area (Å²) in [5.41, 5.74) is 0. The first kappa shape index (κ1) is 14.0. The molecule has 0 radical (unpaired) electrons. The summed E-state index contributed by atoms with van der Waals surface area (Å²) in [6.07, 6.45) is 2.35. The standard InChI is InChI=1S/C13H19BrN2OS/c1-2-16(9-10-3-6-15-7-4-10)13(17)12-11(14)5-8-18-12/h5,8,10,15H,2-4,6-7,9H2,1H3. The molecule has 1 saturated heterocycles. The molecule has 0 atom stereocenters. The molecule has 2 rings (SSSR count). The molecule has 1 aliphatic rings. The monoisotopic (exact) mass is 330 g/mol. The van der Waals surface area contributed by atoms with Crippen molar-refractivity contribution in [3.05, 3.63) is 20.8 Å². The van der Waals surface area contributed by atoms with Crippen molar-refractivity contribution in [1.29, 1.82) is 0 Å². The Balaban J connectivity index is 1.99. The molecular weight excluding hydrogens is 312 g/mol. The first-order chi connectivity index (χ1) is 8.72. The lowest BCUT2D eigenvalue weighted by Crippen LogP contribution is -2.39. The fraction of sp³-hybridized carbons (Fsp3) is 0.615. The summed E-state index contributed by atoms with van der Waals surface area (Å²) < 4.78 is 0.918. The minimum atomic E-state index is 0.165. The molecule has 1 aliphatic heterocycles. The van der Waals surface area contributed by atoms with Crippen molar-refractivity contribution < 1.29 is 4.79 Å². The van der Waals surface area contributed by atoms with E-state index >= 15 is 0 Å². The number of nitrogens with zero attached hydrogens (tertiary/aromatic N) is 1. The van der Waals surface area contributed by atoms with E-state index in [-0.39, 0.29) is 5.91 Å². The molecule has 1 N–H and O–H groups in total. The van der Waals surface area contributed by atoms with Gasteiger partial charge in [0.1, 0.15) is 4.88 Å². The molecule has 2 heterocycles. The first-order valence-electron chi connectivity index (χ1n) is 6.45. The maximum atomic E-state index is 12.4. The smallest absolute Gasteiger partial charge is 0.265 e. The molecule has 1 amide bonds. The Hall–Kier alpha value is -0.390. The fourth-order valence-electron chi connectivity index (χ4n) is 2.32. The van der Waals surface area contributed by atoms with Crippen LogP contribution in [0, 0.1) is 5.92 Å². The second-order valence-corrected chi connectivity index (χ2v) is 6.41. The van der Waals surface area contributed by atoms with Gasteiger partial charge in [-0.1, -0.05) is 0 Å². The lowest BCUT2D eigenvalue weighted by Gasteiger charge is -2.29. The normalized spacial score (nSPS) is 16.8. The predicted molar refractivity (Wildman–Crippen MR) is 79.2 cm³/mol. The highest BCUT2D eigenvalue weighted by molar-refractivity contribution is 9.10. The van der Waals surface area contributed by atoms with Crippen LogP contribution in [0.2, 0.25) is 0 Å². The summed E-state index contributed by atoms with van der Waals surface area (Å²) in [6.45, 7) is 5.90. The van der Waals surface area contributed by atoms with Crippen molar-refractivity contribution in [1.82, 2.24) is 10.2 Å². The van der Waals surface area contributed by atoms with Crippen molar-refractivity contribution in [3.63, 3.8) is 0 Å². The molecule has 1 fully saturated rings. The van der Waals surface area contributed by atoms with Crippen LogP contribution in [0.15, 0.2) is 15.9 Å². The highest BCUT2D eigenvalue weighted by Crippen LogP contribution is 2.25. The van der Waals surface area contributed by atoms with Gasteiger partial charge in [0.15, 0.2) is 0 Å². The number of amides is 1. The minimum Gasteiger partial charge on any atom is -0.338 e. The molecule has 0 aliphatic carbocycles. The van der Waals surface area contributed by atoms with Gasteiger partial charge in [-0.25, -0.2) is 0 Å². The van der Waals surface area contributed by atoms with Crippen molar-refractivity contribution in [2.75, 3.05) is 26.2 Å². The number of hydrogen-bond acceptors (Lipinski definition) is 3. The first-order valence-corrected chi connectivity index (χ1v) is 8.12. The number of carbonyl (C=O) groups is 1. The van der Waals surface area contributed by atoms with E-state index in [1.807, 2.05) is 16.3 Å². The zero-order valence-corrected chi connectivity index (χ0v) is 13.0. The van der Waals surface area contributed by atoms with E-state index in [9.17, 15) is 4.79 Å². The molecule has 0 unspecified atom stereocenters. The molecular formula is C13H19BrN2OS. The number of piperidine rings is 1. The lowest BCUT2D eigenvalue weighted by atomic mass is 9.97. The van der Waals surface area contributed by atoms with Crippen molar-refractivity contribution in [3.8, 4) is 0 Å². The van der Waals surface area contributed by atoms with Gasteiger partial charge in [0.2, 0.25) is 0 Å². The molecule has 5 heteroatoms. The molecule has 1 aromatic heterocycles. The van der Waals surface area contributed by atoms with Gasteiger partial charge in [-0.3, -0.25) is 4.79 Å². The van der Waals surface area contributed by atoms with Crippen LogP contribution in [0.3, 0.4) is 0 Å². The lowest BCUT2D eigenvalue weighted by molar-refractivity contribution is 0.0731. The number of hydrogen-bond donors (Lipinski definition) is 1. The summed E-state index contributed by atoms with van der Waals surface area (Å²) >= 11 is 4.96. The molecule has 0 saturated carbocycles. The molecule has 0 aromatic carbocycles. The van der Waals surface area contributed by atoms with Crippen LogP contribution in [0.1, 0.15) is 29.4 Å². The largest absolute Gasteiger partial charge is 0.338 e. The third-order valence-electron chi connectivity index (χ3n) is 3.42. The predicted octanol–water partition coefficient (Wildman–Crippen LogP) is 2.97. The number of thiophene rings is 1. The summed E-state index contributed by atoms with van der Waals surface area (Å²) in [5, 5.41) is 5.32. The molecule has 1 aromatic rings. The van der Waals surface area contributed by atoms with E-state index in [2.05, 4.69) is 28.2 Å². The van der Waals surface area contributed by atoms with E-state index in [0.717, 1.165) is 35.5 Å². The Bertz CT molecular complexity index is 401. The van der Waals surface area contributed by atoms with E-state index in [1.165, 1.54) is 24.2 Å². The molecule has 3 nitrogen and oxygen atoms in total. The highest BCUT2D eigenvalue weighted by Gasteiger charge is 2.22. The summed E-state index contributed by atoms with van der Waals surface area (Å²) in [6, 6.07) is 1.94. The second-order valence-electron chi connectivity index (χ2n) is 4.63. The van der Waals surface area contributed by atoms with Gasteiger partial charge >= 0.3 is 0 Å². The van der Waals surface area contributed by atoms with Crippen LogP contribution in [0.5, 0.6) is 0 Å². The van der Waals surface area contributed by atoms with E-state index in [4.69, 9.17) is 0 Å². The van der Waals surface area contributed by atoms with Gasteiger partial charge in [0.25, 0.3) is 5.91 Å². The minimum absolute atomic E-state index is 0.165. The van der Waals surface area contributed by atoms with Crippen LogP contribution >= 0.6 is 27.3 Å². The zero-order chi connectivity index (χ0) is 13.0. The Kier molecular flexibility index (Phi) is 5.21. The van der Waals surface area contributed by atoms with Crippen molar-refractivity contribution >= 4 is 33.2 Å². The Morgan fingerprint density at radius 3 is 2.83 bits per heavy atom.